The van der Waals surface area contributed by atoms with Crippen LogP contribution in [0.1, 0.15) is 38.6 Å². The first-order valence-corrected chi connectivity index (χ1v) is 6.79. The summed E-state index contributed by atoms with van der Waals surface area (Å²) in [7, 11) is 2.11. The van der Waals surface area contributed by atoms with E-state index in [0.29, 0.717) is 5.92 Å². The van der Waals surface area contributed by atoms with Crippen LogP contribution in [0, 0.1) is 19.8 Å². The largest absolute Gasteiger partial charge is 0.370 e. The van der Waals surface area contributed by atoms with E-state index in [9.17, 15) is 0 Å². The number of nitrogens with zero attached hydrogens (tertiary/aromatic N) is 3. The molecule has 0 bridgehead atoms. The number of rotatable bonds is 6. The highest BCUT2D eigenvalue weighted by atomic mass is 15.2. The molecule has 0 saturated heterocycles. The predicted octanol–water partition coefficient (Wildman–Crippen LogP) is 3.01. The molecule has 1 N–H and O–H groups in total. The molecule has 0 amide bonds. The molecular weight excluding hydrogens is 224 g/mol. The van der Waals surface area contributed by atoms with E-state index in [2.05, 4.69) is 54.9 Å². The van der Waals surface area contributed by atoms with Gasteiger partial charge in [0, 0.05) is 25.7 Å². The fraction of sp³-hybridized carbons (Fsp3) is 0.714. The third-order valence-corrected chi connectivity index (χ3v) is 3.22. The van der Waals surface area contributed by atoms with Crippen molar-refractivity contribution in [2.75, 3.05) is 30.4 Å². The number of aryl methyl sites for hydroxylation is 1. The highest BCUT2D eigenvalue weighted by Crippen LogP contribution is 2.23. The molecule has 0 fully saturated rings. The average molecular weight is 250 g/mol. The van der Waals surface area contributed by atoms with Crippen LogP contribution >= 0.6 is 0 Å². The van der Waals surface area contributed by atoms with Crippen LogP contribution < -0.4 is 10.2 Å². The van der Waals surface area contributed by atoms with Gasteiger partial charge in [-0.25, -0.2) is 9.97 Å². The van der Waals surface area contributed by atoms with Gasteiger partial charge in [-0.1, -0.05) is 20.3 Å². The van der Waals surface area contributed by atoms with Gasteiger partial charge in [0.2, 0.25) is 0 Å². The van der Waals surface area contributed by atoms with Gasteiger partial charge in [0.25, 0.3) is 0 Å². The number of aromatic nitrogens is 2. The minimum atomic E-state index is 0.673. The van der Waals surface area contributed by atoms with Crippen molar-refractivity contribution in [1.29, 1.82) is 0 Å². The van der Waals surface area contributed by atoms with Crippen molar-refractivity contribution in [3.05, 3.63) is 11.4 Å². The van der Waals surface area contributed by atoms with E-state index in [1.54, 1.807) is 0 Å². The minimum Gasteiger partial charge on any atom is -0.370 e. The number of nitrogens with one attached hydrogen (secondary N) is 1. The van der Waals surface area contributed by atoms with Gasteiger partial charge in [0.15, 0.2) is 0 Å². The van der Waals surface area contributed by atoms with Crippen LogP contribution in [0.4, 0.5) is 11.6 Å². The van der Waals surface area contributed by atoms with Crippen molar-refractivity contribution in [3.63, 3.8) is 0 Å². The van der Waals surface area contributed by atoms with Crippen LogP contribution in [-0.4, -0.2) is 30.1 Å². The van der Waals surface area contributed by atoms with E-state index < -0.39 is 0 Å². The summed E-state index contributed by atoms with van der Waals surface area (Å²) in [5.74, 6) is 3.49. The van der Waals surface area contributed by atoms with E-state index in [4.69, 9.17) is 0 Å². The summed E-state index contributed by atoms with van der Waals surface area (Å²) >= 11 is 0. The highest BCUT2D eigenvalue weighted by molar-refractivity contribution is 5.58. The lowest BCUT2D eigenvalue weighted by Crippen LogP contribution is -2.26. The second kappa shape index (κ2) is 6.57. The third-order valence-electron chi connectivity index (χ3n) is 3.22. The van der Waals surface area contributed by atoms with E-state index >= 15 is 0 Å². The van der Waals surface area contributed by atoms with Crippen LogP contribution in [0.3, 0.4) is 0 Å². The molecule has 0 saturated carbocycles. The molecule has 18 heavy (non-hydrogen) atoms. The molecule has 1 atom stereocenters. The Balaban J connectivity index is 3.00. The molecule has 1 heterocycles. The normalized spacial score (nSPS) is 12.3. The Morgan fingerprint density at radius 1 is 1.22 bits per heavy atom. The van der Waals surface area contributed by atoms with Crippen molar-refractivity contribution in [3.8, 4) is 0 Å². The van der Waals surface area contributed by atoms with Gasteiger partial charge in [-0.2, -0.15) is 0 Å². The average Bonchev–Trinajstić information content (AvgIpc) is 2.33. The second-order valence-electron chi connectivity index (χ2n) is 4.99. The molecule has 0 aliphatic heterocycles. The Labute approximate surface area is 111 Å². The molecule has 1 rings (SSSR count). The Kier molecular flexibility index (Phi) is 5.38. The fourth-order valence-electron chi connectivity index (χ4n) is 2.01. The summed E-state index contributed by atoms with van der Waals surface area (Å²) in [5.41, 5.74) is 1.13. The zero-order valence-corrected chi connectivity index (χ0v) is 12.5. The van der Waals surface area contributed by atoms with Crippen molar-refractivity contribution in [1.82, 2.24) is 9.97 Å². The van der Waals surface area contributed by atoms with Crippen LogP contribution in [0.5, 0.6) is 0 Å². The smallest absolute Gasteiger partial charge is 0.137 e. The van der Waals surface area contributed by atoms with E-state index in [1.165, 1.54) is 6.42 Å². The molecule has 0 spiro atoms. The Morgan fingerprint density at radius 2 is 1.89 bits per heavy atom. The van der Waals surface area contributed by atoms with E-state index in [0.717, 1.165) is 36.1 Å². The van der Waals surface area contributed by atoms with Crippen LogP contribution in [0.2, 0.25) is 0 Å². The van der Waals surface area contributed by atoms with E-state index in [-0.39, 0.29) is 0 Å². The zero-order valence-electron chi connectivity index (χ0n) is 12.5. The summed E-state index contributed by atoms with van der Waals surface area (Å²) in [6, 6.07) is 0. The predicted molar refractivity (Wildman–Crippen MR) is 78.4 cm³/mol. The molecule has 1 unspecified atom stereocenters. The van der Waals surface area contributed by atoms with Gasteiger partial charge in [0.1, 0.15) is 17.5 Å². The summed E-state index contributed by atoms with van der Waals surface area (Å²) in [5, 5.41) is 3.30. The first-order valence-electron chi connectivity index (χ1n) is 6.79. The molecule has 0 radical (unpaired) electrons. The monoisotopic (exact) mass is 250 g/mol. The fourth-order valence-corrected chi connectivity index (χ4v) is 2.01. The van der Waals surface area contributed by atoms with Gasteiger partial charge in [-0.15, -0.1) is 0 Å². The first kappa shape index (κ1) is 14.7. The topological polar surface area (TPSA) is 41.1 Å². The minimum absolute atomic E-state index is 0.673. The lowest BCUT2D eigenvalue weighted by Gasteiger charge is -2.24. The van der Waals surface area contributed by atoms with Gasteiger partial charge >= 0.3 is 0 Å². The number of hydrogen-bond donors (Lipinski definition) is 1. The maximum absolute atomic E-state index is 4.58. The first-order chi connectivity index (χ1) is 8.49. The zero-order chi connectivity index (χ0) is 13.7. The molecule has 1 aromatic heterocycles. The molecule has 0 aliphatic carbocycles. The summed E-state index contributed by atoms with van der Waals surface area (Å²) in [4.78, 5) is 11.3. The van der Waals surface area contributed by atoms with Crippen molar-refractivity contribution >= 4 is 11.6 Å². The van der Waals surface area contributed by atoms with Crippen molar-refractivity contribution < 1.29 is 0 Å². The second-order valence-corrected chi connectivity index (χ2v) is 4.99. The van der Waals surface area contributed by atoms with Crippen LogP contribution in [-0.2, 0) is 0 Å². The summed E-state index contributed by atoms with van der Waals surface area (Å²) < 4.78 is 0. The standard InChI is InChI=1S/C14H26N4/c1-7-10(3)9-18(6)14-11(4)13(15-8-2)16-12(5)17-14/h10H,7-9H2,1-6H3,(H,15,16,17). The van der Waals surface area contributed by atoms with Crippen molar-refractivity contribution in [2.45, 2.75) is 41.0 Å². The van der Waals surface area contributed by atoms with Gasteiger partial charge in [0.05, 0.1) is 0 Å². The quantitative estimate of drug-likeness (QED) is 0.842. The van der Waals surface area contributed by atoms with Crippen LogP contribution in [0.25, 0.3) is 0 Å². The summed E-state index contributed by atoms with van der Waals surface area (Å²) in [6.07, 6.45) is 1.19. The van der Waals surface area contributed by atoms with Crippen molar-refractivity contribution in [2.24, 2.45) is 5.92 Å². The molecular formula is C14H26N4. The molecule has 4 nitrogen and oxygen atoms in total. The Morgan fingerprint density at radius 3 is 2.44 bits per heavy atom. The molecule has 102 valence electrons. The Hall–Kier alpha value is -1.32. The van der Waals surface area contributed by atoms with Gasteiger partial charge in [-0.3, -0.25) is 0 Å². The highest BCUT2D eigenvalue weighted by Gasteiger charge is 2.14. The summed E-state index contributed by atoms with van der Waals surface area (Å²) in [6.45, 7) is 12.5. The maximum atomic E-state index is 4.58. The SMILES string of the molecule is CCNc1nc(C)nc(N(C)CC(C)CC)c1C. The van der Waals surface area contributed by atoms with E-state index in [1.807, 2.05) is 6.92 Å². The van der Waals surface area contributed by atoms with Crippen LogP contribution in [0.15, 0.2) is 0 Å². The molecule has 0 aromatic carbocycles. The lowest BCUT2D eigenvalue weighted by atomic mass is 10.1. The lowest BCUT2D eigenvalue weighted by molar-refractivity contribution is 0.557. The van der Waals surface area contributed by atoms with Gasteiger partial charge < -0.3 is 10.2 Å². The third kappa shape index (κ3) is 3.59. The molecule has 0 aliphatic rings. The molecule has 4 heteroatoms. The number of anilines is 2. The maximum Gasteiger partial charge on any atom is 0.137 e. The molecule has 1 aromatic rings. The Bertz CT molecular complexity index is 390. The number of hydrogen-bond acceptors (Lipinski definition) is 4. The van der Waals surface area contributed by atoms with Gasteiger partial charge in [-0.05, 0) is 26.7 Å².